The monoisotopic (exact) mass is 177 g/mol. The van der Waals surface area contributed by atoms with Crippen LogP contribution in [0.3, 0.4) is 0 Å². The molecule has 0 heterocycles. The zero-order chi connectivity index (χ0) is 9.84. The van der Waals surface area contributed by atoms with Crippen molar-refractivity contribution >= 4 is 12.2 Å². The van der Waals surface area contributed by atoms with Gasteiger partial charge in [0.25, 0.3) is 0 Å². The van der Waals surface area contributed by atoms with E-state index in [4.69, 9.17) is 5.73 Å². The SMILES string of the molecule is CCc1cc(C(N)=O)ccc1C=O. The smallest absolute Gasteiger partial charge is 0.248 e. The standard InChI is InChI=1S/C10H11NO2/c1-2-7-5-8(10(11)13)3-4-9(7)6-12/h3-6H,2H2,1H3,(H2,11,13). The van der Waals surface area contributed by atoms with Gasteiger partial charge in [0.05, 0.1) is 0 Å². The molecule has 0 aromatic heterocycles. The quantitative estimate of drug-likeness (QED) is 0.704. The normalized spacial score (nSPS) is 9.62. The Hall–Kier alpha value is -1.64. The van der Waals surface area contributed by atoms with E-state index in [0.29, 0.717) is 11.1 Å². The van der Waals surface area contributed by atoms with Crippen LogP contribution in [0.15, 0.2) is 18.2 Å². The molecule has 1 amide bonds. The Kier molecular flexibility index (Phi) is 2.80. The molecular weight excluding hydrogens is 166 g/mol. The van der Waals surface area contributed by atoms with E-state index in [0.717, 1.165) is 18.3 Å². The van der Waals surface area contributed by atoms with E-state index >= 15 is 0 Å². The Bertz CT molecular complexity index is 345. The average molecular weight is 177 g/mol. The van der Waals surface area contributed by atoms with E-state index < -0.39 is 5.91 Å². The van der Waals surface area contributed by atoms with Crippen molar-refractivity contribution in [1.82, 2.24) is 0 Å². The molecule has 0 aliphatic carbocycles. The van der Waals surface area contributed by atoms with Crippen molar-refractivity contribution in [2.45, 2.75) is 13.3 Å². The van der Waals surface area contributed by atoms with Crippen LogP contribution in [0.2, 0.25) is 0 Å². The van der Waals surface area contributed by atoms with Gasteiger partial charge < -0.3 is 5.73 Å². The molecule has 0 aliphatic rings. The molecule has 0 radical (unpaired) electrons. The number of hydrogen-bond acceptors (Lipinski definition) is 2. The highest BCUT2D eigenvalue weighted by molar-refractivity contribution is 5.94. The molecule has 1 rings (SSSR count). The third-order valence-corrected chi connectivity index (χ3v) is 1.94. The number of aryl methyl sites for hydroxylation is 1. The first-order valence-electron chi connectivity index (χ1n) is 4.07. The maximum Gasteiger partial charge on any atom is 0.248 e. The first-order chi connectivity index (χ1) is 6.19. The molecule has 0 atom stereocenters. The van der Waals surface area contributed by atoms with Crippen molar-refractivity contribution in [2.24, 2.45) is 5.73 Å². The number of carbonyl (C=O) groups excluding carboxylic acids is 2. The van der Waals surface area contributed by atoms with E-state index in [1.165, 1.54) is 0 Å². The molecule has 0 aliphatic heterocycles. The second-order valence-corrected chi connectivity index (χ2v) is 2.75. The van der Waals surface area contributed by atoms with Gasteiger partial charge in [-0.25, -0.2) is 0 Å². The Morgan fingerprint density at radius 3 is 2.69 bits per heavy atom. The lowest BCUT2D eigenvalue weighted by Crippen LogP contribution is -2.11. The van der Waals surface area contributed by atoms with Crippen molar-refractivity contribution in [1.29, 1.82) is 0 Å². The molecule has 0 saturated heterocycles. The van der Waals surface area contributed by atoms with Gasteiger partial charge in [0.2, 0.25) is 5.91 Å². The molecule has 0 spiro atoms. The molecule has 0 bridgehead atoms. The predicted molar refractivity (Wildman–Crippen MR) is 49.7 cm³/mol. The van der Waals surface area contributed by atoms with Crippen LogP contribution in [0, 0.1) is 0 Å². The summed E-state index contributed by atoms with van der Waals surface area (Å²) < 4.78 is 0. The van der Waals surface area contributed by atoms with Gasteiger partial charge in [-0.15, -0.1) is 0 Å². The number of nitrogens with two attached hydrogens (primary N) is 1. The van der Waals surface area contributed by atoms with Gasteiger partial charge in [0.1, 0.15) is 6.29 Å². The Morgan fingerprint density at radius 2 is 2.23 bits per heavy atom. The minimum absolute atomic E-state index is 0.447. The van der Waals surface area contributed by atoms with Crippen molar-refractivity contribution < 1.29 is 9.59 Å². The van der Waals surface area contributed by atoms with Crippen molar-refractivity contribution in [2.75, 3.05) is 0 Å². The fourth-order valence-electron chi connectivity index (χ4n) is 1.18. The maximum absolute atomic E-state index is 10.8. The Labute approximate surface area is 76.6 Å². The second-order valence-electron chi connectivity index (χ2n) is 2.75. The van der Waals surface area contributed by atoms with Crippen LogP contribution in [-0.2, 0) is 6.42 Å². The number of hydrogen-bond donors (Lipinski definition) is 1. The van der Waals surface area contributed by atoms with Gasteiger partial charge in [0, 0.05) is 11.1 Å². The summed E-state index contributed by atoms with van der Waals surface area (Å²) in [6, 6.07) is 4.84. The summed E-state index contributed by atoms with van der Waals surface area (Å²) in [7, 11) is 0. The fourth-order valence-corrected chi connectivity index (χ4v) is 1.18. The summed E-state index contributed by atoms with van der Waals surface area (Å²) in [4.78, 5) is 21.4. The van der Waals surface area contributed by atoms with E-state index in [1.54, 1.807) is 18.2 Å². The summed E-state index contributed by atoms with van der Waals surface area (Å²) in [6.07, 6.45) is 1.50. The largest absolute Gasteiger partial charge is 0.366 e. The summed E-state index contributed by atoms with van der Waals surface area (Å²) in [6.45, 7) is 1.92. The number of rotatable bonds is 3. The van der Waals surface area contributed by atoms with Crippen molar-refractivity contribution in [3.63, 3.8) is 0 Å². The molecule has 3 nitrogen and oxygen atoms in total. The summed E-state index contributed by atoms with van der Waals surface area (Å²) in [5.74, 6) is -0.466. The fraction of sp³-hybridized carbons (Fsp3) is 0.200. The van der Waals surface area contributed by atoms with E-state index in [-0.39, 0.29) is 0 Å². The lowest BCUT2D eigenvalue weighted by atomic mass is 10.0. The van der Waals surface area contributed by atoms with Crippen LogP contribution in [0.1, 0.15) is 33.2 Å². The molecule has 68 valence electrons. The summed E-state index contributed by atoms with van der Waals surface area (Å²) in [5, 5.41) is 0. The first kappa shape index (κ1) is 9.45. The molecule has 0 unspecified atom stereocenters. The molecule has 0 saturated carbocycles. The van der Waals surface area contributed by atoms with Crippen LogP contribution >= 0.6 is 0 Å². The van der Waals surface area contributed by atoms with Gasteiger partial charge >= 0.3 is 0 Å². The minimum Gasteiger partial charge on any atom is -0.366 e. The lowest BCUT2D eigenvalue weighted by Gasteiger charge is -2.02. The molecule has 3 heteroatoms. The average Bonchev–Trinajstić information content (AvgIpc) is 2.16. The molecular formula is C10H11NO2. The van der Waals surface area contributed by atoms with Crippen LogP contribution in [-0.4, -0.2) is 12.2 Å². The van der Waals surface area contributed by atoms with Crippen molar-refractivity contribution in [3.05, 3.63) is 34.9 Å². The highest BCUT2D eigenvalue weighted by Crippen LogP contribution is 2.10. The Balaban J connectivity index is 3.20. The molecule has 1 aromatic carbocycles. The van der Waals surface area contributed by atoms with Gasteiger partial charge in [-0.3, -0.25) is 9.59 Å². The minimum atomic E-state index is -0.466. The third-order valence-electron chi connectivity index (χ3n) is 1.94. The molecule has 1 aromatic rings. The number of primary amides is 1. The van der Waals surface area contributed by atoms with Gasteiger partial charge in [-0.05, 0) is 24.1 Å². The van der Waals surface area contributed by atoms with Gasteiger partial charge in [-0.1, -0.05) is 13.0 Å². The topological polar surface area (TPSA) is 60.2 Å². The number of benzene rings is 1. The maximum atomic E-state index is 10.8. The molecule has 2 N–H and O–H groups in total. The zero-order valence-corrected chi connectivity index (χ0v) is 7.41. The van der Waals surface area contributed by atoms with E-state index in [1.807, 2.05) is 6.92 Å². The van der Waals surface area contributed by atoms with E-state index in [9.17, 15) is 9.59 Å². The number of aldehydes is 1. The summed E-state index contributed by atoms with van der Waals surface area (Å²) in [5.41, 5.74) is 7.02. The second kappa shape index (κ2) is 3.85. The van der Waals surface area contributed by atoms with Gasteiger partial charge in [0.15, 0.2) is 0 Å². The zero-order valence-electron chi connectivity index (χ0n) is 7.41. The Morgan fingerprint density at radius 1 is 1.54 bits per heavy atom. The lowest BCUT2D eigenvalue weighted by molar-refractivity contribution is 0.0999. The third kappa shape index (κ3) is 1.93. The van der Waals surface area contributed by atoms with Crippen LogP contribution < -0.4 is 5.73 Å². The molecule has 0 fully saturated rings. The van der Waals surface area contributed by atoms with Gasteiger partial charge in [-0.2, -0.15) is 0 Å². The highest BCUT2D eigenvalue weighted by atomic mass is 16.1. The van der Waals surface area contributed by atoms with Crippen LogP contribution in [0.25, 0.3) is 0 Å². The van der Waals surface area contributed by atoms with E-state index in [2.05, 4.69) is 0 Å². The van der Waals surface area contributed by atoms with Crippen LogP contribution in [0.5, 0.6) is 0 Å². The predicted octanol–water partition coefficient (Wildman–Crippen LogP) is 1.16. The van der Waals surface area contributed by atoms with Crippen molar-refractivity contribution in [3.8, 4) is 0 Å². The first-order valence-corrected chi connectivity index (χ1v) is 4.07. The molecule has 13 heavy (non-hydrogen) atoms. The van der Waals surface area contributed by atoms with Crippen LogP contribution in [0.4, 0.5) is 0 Å². The highest BCUT2D eigenvalue weighted by Gasteiger charge is 2.04. The number of amides is 1. The number of carbonyl (C=O) groups is 2. The summed E-state index contributed by atoms with van der Waals surface area (Å²) >= 11 is 0.